The van der Waals surface area contributed by atoms with Crippen molar-refractivity contribution in [3.8, 4) is 0 Å². The van der Waals surface area contributed by atoms with Crippen molar-refractivity contribution < 1.29 is 14.0 Å². The fourth-order valence-corrected chi connectivity index (χ4v) is 3.10. The van der Waals surface area contributed by atoms with Crippen LogP contribution in [0.4, 0.5) is 4.39 Å². The third-order valence-corrected chi connectivity index (χ3v) is 4.91. The molecule has 2 aromatic carbocycles. The number of rotatable bonds is 7. The van der Waals surface area contributed by atoms with E-state index in [1.54, 1.807) is 18.2 Å². The predicted molar refractivity (Wildman–Crippen MR) is 106 cm³/mol. The first kappa shape index (κ1) is 21.5. The summed E-state index contributed by atoms with van der Waals surface area (Å²) in [5.74, 6) is -1.92. The molecule has 2 N–H and O–H groups in total. The molecule has 2 amide bonds. The van der Waals surface area contributed by atoms with Crippen molar-refractivity contribution in [1.82, 2.24) is 10.6 Å². The number of amides is 2. The van der Waals surface area contributed by atoms with E-state index in [2.05, 4.69) is 10.6 Å². The van der Waals surface area contributed by atoms with Gasteiger partial charge in [0.05, 0.1) is 33.2 Å². The lowest BCUT2D eigenvalue weighted by Crippen LogP contribution is -2.39. The first-order valence-electron chi connectivity index (χ1n) is 8.30. The molecule has 0 spiro atoms. The normalized spacial score (nSPS) is 11.7. The van der Waals surface area contributed by atoms with Crippen LogP contribution in [0.5, 0.6) is 0 Å². The van der Waals surface area contributed by atoms with Crippen LogP contribution < -0.4 is 10.6 Å². The van der Waals surface area contributed by atoms with Crippen LogP contribution in [0.25, 0.3) is 0 Å². The topological polar surface area (TPSA) is 58.2 Å². The molecule has 0 radical (unpaired) electrons. The van der Waals surface area contributed by atoms with Gasteiger partial charge in [-0.05, 0) is 36.2 Å². The molecular formula is C19H18Cl3FN2O2. The van der Waals surface area contributed by atoms with Gasteiger partial charge in [0.2, 0.25) is 5.91 Å². The second kappa shape index (κ2) is 9.93. The summed E-state index contributed by atoms with van der Waals surface area (Å²) in [7, 11) is 0. The molecule has 0 aliphatic rings. The minimum atomic E-state index is -0.755. The highest BCUT2D eigenvalue weighted by Crippen LogP contribution is 2.27. The number of nitrogens with one attached hydrogen (secondary N) is 2. The van der Waals surface area contributed by atoms with Gasteiger partial charge < -0.3 is 10.6 Å². The van der Waals surface area contributed by atoms with E-state index in [1.807, 2.05) is 6.92 Å². The monoisotopic (exact) mass is 430 g/mol. The number of hydrogen-bond acceptors (Lipinski definition) is 2. The van der Waals surface area contributed by atoms with Crippen molar-refractivity contribution in [3.63, 3.8) is 0 Å². The molecule has 4 nitrogen and oxygen atoms in total. The summed E-state index contributed by atoms with van der Waals surface area (Å²) in [4.78, 5) is 24.4. The molecule has 1 unspecified atom stereocenters. The Hall–Kier alpha value is -1.82. The van der Waals surface area contributed by atoms with Crippen LogP contribution in [-0.2, 0) is 4.79 Å². The highest BCUT2D eigenvalue weighted by molar-refractivity contribution is 6.42. The fraction of sp³-hybridized carbons (Fsp3) is 0.263. The Morgan fingerprint density at radius 3 is 2.44 bits per heavy atom. The number of carbonyl (C=O) groups excluding carboxylic acids is 2. The third kappa shape index (κ3) is 5.83. The Morgan fingerprint density at radius 1 is 1.07 bits per heavy atom. The standard InChI is InChI=1S/C19H18Cl3FN2O2/c1-2-4-16(11-7-8-12(20)14(22)9-11)25-17(26)10-24-19(27)18-13(21)5-3-6-15(18)23/h3,5-9,16H,2,4,10H2,1H3,(H,24,27)(H,25,26). The van der Waals surface area contributed by atoms with Crippen molar-refractivity contribution >= 4 is 46.6 Å². The second-order valence-electron chi connectivity index (χ2n) is 5.86. The molecule has 2 rings (SSSR count). The van der Waals surface area contributed by atoms with E-state index in [9.17, 15) is 14.0 Å². The van der Waals surface area contributed by atoms with Gasteiger partial charge in [0, 0.05) is 0 Å². The fourth-order valence-electron chi connectivity index (χ4n) is 2.55. The predicted octanol–water partition coefficient (Wildman–Crippen LogP) is 5.17. The van der Waals surface area contributed by atoms with Gasteiger partial charge in [-0.15, -0.1) is 0 Å². The van der Waals surface area contributed by atoms with E-state index in [0.717, 1.165) is 18.1 Å². The van der Waals surface area contributed by atoms with Crippen LogP contribution in [0.15, 0.2) is 36.4 Å². The van der Waals surface area contributed by atoms with Crippen molar-refractivity contribution in [2.45, 2.75) is 25.8 Å². The molecule has 0 heterocycles. The van der Waals surface area contributed by atoms with Crippen LogP contribution in [0, 0.1) is 5.82 Å². The Morgan fingerprint density at radius 2 is 1.81 bits per heavy atom. The Bertz CT molecular complexity index is 825. The maximum atomic E-state index is 13.8. The van der Waals surface area contributed by atoms with Crippen molar-refractivity contribution in [1.29, 1.82) is 0 Å². The van der Waals surface area contributed by atoms with Crippen molar-refractivity contribution in [3.05, 3.63) is 68.4 Å². The highest BCUT2D eigenvalue weighted by Gasteiger charge is 2.18. The van der Waals surface area contributed by atoms with Gasteiger partial charge in [-0.2, -0.15) is 0 Å². The first-order chi connectivity index (χ1) is 12.8. The average molecular weight is 432 g/mol. The molecule has 0 saturated carbocycles. The van der Waals surface area contributed by atoms with E-state index in [-0.39, 0.29) is 23.2 Å². The number of carbonyl (C=O) groups is 2. The summed E-state index contributed by atoms with van der Waals surface area (Å²) in [5.41, 5.74) is 0.518. The highest BCUT2D eigenvalue weighted by atomic mass is 35.5. The lowest BCUT2D eigenvalue weighted by molar-refractivity contribution is -0.120. The summed E-state index contributed by atoms with van der Waals surface area (Å²) in [6.07, 6.45) is 1.50. The van der Waals surface area contributed by atoms with E-state index in [0.29, 0.717) is 16.5 Å². The molecule has 27 heavy (non-hydrogen) atoms. The molecule has 144 valence electrons. The van der Waals surface area contributed by atoms with Gasteiger partial charge in [-0.3, -0.25) is 9.59 Å². The smallest absolute Gasteiger partial charge is 0.256 e. The molecule has 0 aliphatic heterocycles. The lowest BCUT2D eigenvalue weighted by Gasteiger charge is -2.19. The van der Waals surface area contributed by atoms with E-state index >= 15 is 0 Å². The van der Waals surface area contributed by atoms with Gasteiger partial charge in [0.1, 0.15) is 5.82 Å². The van der Waals surface area contributed by atoms with Gasteiger partial charge in [-0.1, -0.05) is 60.3 Å². The zero-order valence-electron chi connectivity index (χ0n) is 14.5. The van der Waals surface area contributed by atoms with E-state index < -0.39 is 17.6 Å². The number of benzene rings is 2. The Kier molecular flexibility index (Phi) is 7.90. The van der Waals surface area contributed by atoms with Crippen molar-refractivity contribution in [2.75, 3.05) is 6.54 Å². The van der Waals surface area contributed by atoms with E-state index in [4.69, 9.17) is 34.8 Å². The van der Waals surface area contributed by atoms with Crippen LogP contribution in [0.3, 0.4) is 0 Å². The summed E-state index contributed by atoms with van der Waals surface area (Å²) in [6, 6.07) is 8.79. The molecule has 0 fully saturated rings. The molecule has 0 aliphatic carbocycles. The zero-order valence-corrected chi connectivity index (χ0v) is 16.8. The van der Waals surface area contributed by atoms with Crippen molar-refractivity contribution in [2.24, 2.45) is 0 Å². The van der Waals surface area contributed by atoms with Gasteiger partial charge in [-0.25, -0.2) is 4.39 Å². The molecule has 1 atom stereocenters. The maximum Gasteiger partial charge on any atom is 0.256 e. The quantitative estimate of drug-likeness (QED) is 0.635. The Labute approximate surface area is 172 Å². The minimum Gasteiger partial charge on any atom is -0.348 e. The van der Waals surface area contributed by atoms with Crippen LogP contribution in [0.2, 0.25) is 15.1 Å². The van der Waals surface area contributed by atoms with Gasteiger partial charge in [0.15, 0.2) is 0 Å². The van der Waals surface area contributed by atoms with Gasteiger partial charge >= 0.3 is 0 Å². The third-order valence-electron chi connectivity index (χ3n) is 3.86. The van der Waals surface area contributed by atoms with E-state index in [1.165, 1.54) is 12.1 Å². The second-order valence-corrected chi connectivity index (χ2v) is 7.08. The first-order valence-corrected chi connectivity index (χ1v) is 9.43. The molecular weight excluding hydrogens is 414 g/mol. The SMILES string of the molecule is CCCC(NC(=O)CNC(=O)c1c(F)cccc1Cl)c1ccc(Cl)c(Cl)c1. The largest absolute Gasteiger partial charge is 0.348 e. The van der Waals surface area contributed by atoms with Gasteiger partial charge in [0.25, 0.3) is 5.91 Å². The summed E-state index contributed by atoms with van der Waals surface area (Å²) >= 11 is 17.8. The molecule has 0 saturated heterocycles. The average Bonchev–Trinajstić information content (AvgIpc) is 2.62. The number of hydrogen-bond donors (Lipinski definition) is 2. The van der Waals surface area contributed by atoms with Crippen LogP contribution in [0.1, 0.15) is 41.7 Å². The summed E-state index contributed by atoms with van der Waals surface area (Å²) in [6.45, 7) is 1.67. The minimum absolute atomic E-state index is 0.0208. The summed E-state index contributed by atoms with van der Waals surface area (Å²) < 4.78 is 13.8. The maximum absolute atomic E-state index is 13.8. The van der Waals surface area contributed by atoms with Crippen LogP contribution in [-0.4, -0.2) is 18.4 Å². The molecule has 0 bridgehead atoms. The lowest BCUT2D eigenvalue weighted by atomic mass is 10.0. The van der Waals surface area contributed by atoms with Crippen LogP contribution >= 0.6 is 34.8 Å². The molecule has 2 aromatic rings. The molecule has 8 heteroatoms. The summed E-state index contributed by atoms with van der Waals surface area (Å²) in [5, 5.41) is 6.01. The molecule has 0 aromatic heterocycles. The zero-order chi connectivity index (χ0) is 20.0. The Balaban J connectivity index is 2.01. The number of halogens is 4.